The molecule has 0 aromatic heterocycles. The van der Waals surface area contributed by atoms with Crippen LogP contribution in [0.2, 0.25) is 0 Å². The van der Waals surface area contributed by atoms with E-state index in [2.05, 4.69) is 13.8 Å². The van der Waals surface area contributed by atoms with Gasteiger partial charge in [0.1, 0.15) is 6.29 Å². The Morgan fingerprint density at radius 2 is 1.92 bits per heavy atom. The second-order valence-electron chi connectivity index (χ2n) is 5.51. The molecule has 2 bridgehead atoms. The second-order valence-corrected chi connectivity index (χ2v) is 5.51. The number of aliphatic hydroxyl groups is 1. The normalized spacial score (nSPS) is 52.5. The van der Waals surface area contributed by atoms with Gasteiger partial charge in [-0.2, -0.15) is 0 Å². The molecule has 3 fully saturated rings. The highest BCUT2D eigenvalue weighted by Crippen LogP contribution is 2.63. The highest BCUT2D eigenvalue weighted by Gasteiger charge is 2.62. The molecule has 0 aromatic carbocycles. The van der Waals surface area contributed by atoms with Gasteiger partial charge in [0.2, 0.25) is 0 Å². The molecule has 0 saturated heterocycles. The van der Waals surface area contributed by atoms with Crippen molar-refractivity contribution in [2.45, 2.75) is 39.2 Å². The number of hydrogen-bond donors (Lipinski definition) is 1. The summed E-state index contributed by atoms with van der Waals surface area (Å²) >= 11 is 0. The SMILES string of the molecule is CC1(C)[C@@H]2CC(C=O)[C@@](C)(O)[C@H]1C2. The van der Waals surface area contributed by atoms with E-state index in [0.717, 1.165) is 19.1 Å². The quantitative estimate of drug-likeness (QED) is 0.626. The third kappa shape index (κ3) is 0.954. The Kier molecular flexibility index (Phi) is 1.66. The Balaban J connectivity index is 2.28. The highest BCUT2D eigenvalue weighted by molar-refractivity contribution is 5.57. The molecule has 1 unspecified atom stereocenters. The standard InChI is InChI=1S/C11H18O2/c1-10(2)7-4-8(6-12)11(3,13)9(10)5-7/h6-9,13H,4-5H2,1-3H3/t7-,8?,9+,11-/m1/s1. The molecular weight excluding hydrogens is 164 g/mol. The number of fused-ring (bicyclic) bond motifs is 2. The lowest BCUT2D eigenvalue weighted by atomic mass is 9.42. The van der Waals surface area contributed by atoms with Gasteiger partial charge in [-0.1, -0.05) is 13.8 Å². The van der Waals surface area contributed by atoms with Crippen molar-refractivity contribution in [3.05, 3.63) is 0 Å². The van der Waals surface area contributed by atoms with E-state index in [0.29, 0.717) is 11.8 Å². The van der Waals surface area contributed by atoms with Gasteiger partial charge in [-0.3, -0.25) is 0 Å². The van der Waals surface area contributed by atoms with Crippen LogP contribution >= 0.6 is 0 Å². The maximum absolute atomic E-state index is 10.8. The molecular formula is C11H18O2. The molecule has 0 heterocycles. The highest BCUT2D eigenvalue weighted by atomic mass is 16.3. The van der Waals surface area contributed by atoms with Gasteiger partial charge < -0.3 is 9.90 Å². The van der Waals surface area contributed by atoms with Gasteiger partial charge in [-0.15, -0.1) is 0 Å². The minimum atomic E-state index is -0.764. The summed E-state index contributed by atoms with van der Waals surface area (Å²) in [6, 6.07) is 0. The molecule has 3 aliphatic rings. The van der Waals surface area contributed by atoms with Crippen molar-refractivity contribution < 1.29 is 9.90 Å². The minimum absolute atomic E-state index is 0.135. The van der Waals surface area contributed by atoms with Gasteiger partial charge in [0.25, 0.3) is 0 Å². The van der Waals surface area contributed by atoms with Crippen LogP contribution < -0.4 is 0 Å². The van der Waals surface area contributed by atoms with Crippen molar-refractivity contribution in [3.63, 3.8) is 0 Å². The van der Waals surface area contributed by atoms with E-state index in [1.54, 1.807) is 0 Å². The summed E-state index contributed by atoms with van der Waals surface area (Å²) in [5.41, 5.74) is -0.525. The van der Waals surface area contributed by atoms with Crippen LogP contribution in [-0.4, -0.2) is 17.0 Å². The number of carbonyl (C=O) groups excluding carboxylic acids is 1. The van der Waals surface area contributed by atoms with Crippen LogP contribution in [0.5, 0.6) is 0 Å². The lowest BCUT2D eigenvalue weighted by molar-refractivity contribution is -0.218. The Labute approximate surface area is 79.3 Å². The fourth-order valence-electron chi connectivity index (χ4n) is 3.40. The maximum Gasteiger partial charge on any atom is 0.125 e. The monoisotopic (exact) mass is 182 g/mol. The Hall–Kier alpha value is -0.370. The Morgan fingerprint density at radius 1 is 1.31 bits per heavy atom. The van der Waals surface area contributed by atoms with Gasteiger partial charge in [0.05, 0.1) is 5.60 Å². The molecule has 3 saturated carbocycles. The fraction of sp³-hybridized carbons (Fsp3) is 0.909. The van der Waals surface area contributed by atoms with Crippen molar-refractivity contribution in [3.8, 4) is 0 Å². The van der Waals surface area contributed by atoms with E-state index in [-0.39, 0.29) is 11.3 Å². The zero-order chi connectivity index (χ0) is 9.85. The first-order chi connectivity index (χ1) is 5.90. The predicted octanol–water partition coefficient (Wildman–Crippen LogP) is 1.62. The van der Waals surface area contributed by atoms with Gasteiger partial charge in [0.15, 0.2) is 0 Å². The molecule has 0 aliphatic heterocycles. The molecule has 3 rings (SSSR count). The summed E-state index contributed by atoms with van der Waals surface area (Å²) < 4.78 is 0. The summed E-state index contributed by atoms with van der Waals surface area (Å²) in [6.07, 6.45) is 2.92. The second kappa shape index (κ2) is 2.35. The molecule has 0 amide bonds. The van der Waals surface area contributed by atoms with Crippen LogP contribution in [0.3, 0.4) is 0 Å². The van der Waals surface area contributed by atoms with E-state index in [9.17, 15) is 9.90 Å². The summed E-state index contributed by atoms with van der Waals surface area (Å²) in [4.78, 5) is 10.8. The first-order valence-electron chi connectivity index (χ1n) is 5.08. The van der Waals surface area contributed by atoms with Crippen LogP contribution in [0, 0.1) is 23.2 Å². The Bertz CT molecular complexity index is 242. The molecule has 0 aromatic rings. The van der Waals surface area contributed by atoms with Gasteiger partial charge in [-0.05, 0) is 37.0 Å². The average molecular weight is 182 g/mol. The number of carbonyl (C=O) groups is 1. The smallest absolute Gasteiger partial charge is 0.125 e. The van der Waals surface area contributed by atoms with Crippen LogP contribution in [-0.2, 0) is 4.79 Å². The first kappa shape index (κ1) is 9.20. The molecule has 4 atom stereocenters. The van der Waals surface area contributed by atoms with Crippen molar-refractivity contribution in [1.82, 2.24) is 0 Å². The molecule has 13 heavy (non-hydrogen) atoms. The van der Waals surface area contributed by atoms with E-state index in [1.807, 2.05) is 6.92 Å². The molecule has 0 spiro atoms. The van der Waals surface area contributed by atoms with Crippen molar-refractivity contribution in [1.29, 1.82) is 0 Å². The summed E-state index contributed by atoms with van der Waals surface area (Å²) in [7, 11) is 0. The van der Waals surface area contributed by atoms with Gasteiger partial charge in [0, 0.05) is 5.92 Å². The molecule has 0 radical (unpaired) electrons. The van der Waals surface area contributed by atoms with E-state index >= 15 is 0 Å². The summed E-state index contributed by atoms with van der Waals surface area (Å²) in [6.45, 7) is 6.25. The van der Waals surface area contributed by atoms with Gasteiger partial charge in [-0.25, -0.2) is 0 Å². The summed E-state index contributed by atoms with van der Waals surface area (Å²) in [5, 5.41) is 10.2. The first-order valence-corrected chi connectivity index (χ1v) is 5.08. The van der Waals surface area contributed by atoms with Crippen molar-refractivity contribution >= 4 is 6.29 Å². The third-order valence-corrected chi connectivity index (χ3v) is 4.63. The zero-order valence-electron chi connectivity index (χ0n) is 8.58. The van der Waals surface area contributed by atoms with E-state index in [1.165, 1.54) is 0 Å². The van der Waals surface area contributed by atoms with Crippen LogP contribution in [0.1, 0.15) is 33.6 Å². The Morgan fingerprint density at radius 3 is 2.31 bits per heavy atom. The lowest BCUT2D eigenvalue weighted by Gasteiger charge is -2.64. The van der Waals surface area contributed by atoms with Crippen LogP contribution in [0.25, 0.3) is 0 Å². The van der Waals surface area contributed by atoms with Crippen LogP contribution in [0.4, 0.5) is 0 Å². The topological polar surface area (TPSA) is 37.3 Å². The van der Waals surface area contributed by atoms with Crippen molar-refractivity contribution in [2.24, 2.45) is 23.2 Å². The lowest BCUT2D eigenvalue weighted by Crippen LogP contribution is -2.64. The molecule has 1 N–H and O–H groups in total. The number of aldehydes is 1. The molecule has 3 aliphatic carbocycles. The zero-order valence-corrected chi connectivity index (χ0v) is 8.58. The minimum Gasteiger partial charge on any atom is -0.389 e. The van der Waals surface area contributed by atoms with Crippen LogP contribution in [0.15, 0.2) is 0 Å². The van der Waals surface area contributed by atoms with Crippen molar-refractivity contribution in [2.75, 3.05) is 0 Å². The van der Waals surface area contributed by atoms with Gasteiger partial charge >= 0.3 is 0 Å². The molecule has 2 heteroatoms. The molecule has 74 valence electrons. The third-order valence-electron chi connectivity index (χ3n) is 4.63. The fourth-order valence-corrected chi connectivity index (χ4v) is 3.40. The number of hydrogen-bond acceptors (Lipinski definition) is 2. The predicted molar refractivity (Wildman–Crippen MR) is 50.2 cm³/mol. The maximum atomic E-state index is 10.8. The average Bonchev–Trinajstić information content (AvgIpc) is 2.01. The largest absolute Gasteiger partial charge is 0.389 e. The van der Waals surface area contributed by atoms with E-state index in [4.69, 9.17) is 0 Å². The van der Waals surface area contributed by atoms with E-state index < -0.39 is 5.60 Å². The molecule has 2 nitrogen and oxygen atoms in total. The number of rotatable bonds is 1. The summed E-state index contributed by atoms with van der Waals surface area (Å²) in [5.74, 6) is 0.825.